The molecule has 0 spiro atoms. The summed E-state index contributed by atoms with van der Waals surface area (Å²) in [5, 5.41) is 22.6. The summed E-state index contributed by atoms with van der Waals surface area (Å²) < 4.78 is 60.5. The number of allylic oxidation sites excluding steroid dienone is 6. The molecule has 0 fully saturated rings. The zero-order valence-electron chi connectivity index (χ0n) is 39.4. The van der Waals surface area contributed by atoms with E-state index in [1.165, 1.54) is 0 Å². The van der Waals surface area contributed by atoms with Crippen LogP contribution in [0.5, 0.6) is 0 Å². The number of aliphatic hydroxyl groups is 2. The standard InChI is InChI=1S/C58H58Br2O6S4/c1-41(15-13-17-43-25-37-49(67-3)38-26-43)57(69(63,64)51-19-7-5-8-20-51)55(61)53(45-29-33-47(59)34-30-45)23-11-12-24-54(46-31-35-48(60)36-32-46)56(62)58(70(65,66)52-21-9-6-10-22-52)42(2)16-14-18-44-27-39-50(68-4)40-28-44/h5-22,25-40,53-58,61-62H,23-24H2,1-4H3/b12-11+,17-13+,18-14+,41-15+,42-16+. The average Bonchev–Trinajstić information content (AvgIpc) is 3.36. The predicted molar refractivity (Wildman–Crippen MR) is 301 cm³/mol. The van der Waals surface area contributed by atoms with Crippen molar-refractivity contribution < 1.29 is 27.0 Å². The number of benzene rings is 6. The number of sulfone groups is 2. The summed E-state index contributed by atoms with van der Waals surface area (Å²) in [6, 6.07) is 47.5. The Hall–Kier alpha value is -4.50. The highest BCUT2D eigenvalue weighted by molar-refractivity contribution is 9.10. The van der Waals surface area contributed by atoms with Crippen molar-refractivity contribution in [3.63, 3.8) is 0 Å². The van der Waals surface area contributed by atoms with Crippen LogP contribution in [0.2, 0.25) is 0 Å². The van der Waals surface area contributed by atoms with Crippen molar-refractivity contribution in [3.8, 4) is 0 Å². The van der Waals surface area contributed by atoms with Gasteiger partial charge in [-0.25, -0.2) is 16.8 Å². The molecule has 0 saturated heterocycles. The van der Waals surface area contributed by atoms with Crippen LogP contribution in [0.15, 0.2) is 234 Å². The van der Waals surface area contributed by atoms with Crippen LogP contribution in [0.25, 0.3) is 12.2 Å². The minimum Gasteiger partial charge on any atom is -0.391 e. The first-order chi connectivity index (χ1) is 33.6. The first-order valence-corrected chi connectivity index (χ1v) is 29.8. The average molecular weight is 1140 g/mol. The SMILES string of the molecule is CSc1ccc(/C=C/C=C(\C)C(C(O)C(C/C=C/CC(c2ccc(Br)cc2)C(O)C(/C(C)=C/C=C/c2ccc(SC)cc2)S(=O)(=O)c2ccccc2)c2ccc(Br)cc2)S(=O)(=O)c2ccccc2)cc1. The fraction of sp³-hybridized carbons (Fsp3) is 0.207. The molecule has 0 aliphatic carbocycles. The van der Waals surface area contributed by atoms with Crippen LogP contribution in [0.1, 0.15) is 60.8 Å². The summed E-state index contributed by atoms with van der Waals surface area (Å²) in [7, 11) is -8.27. The van der Waals surface area contributed by atoms with Crippen LogP contribution < -0.4 is 0 Å². The maximum atomic E-state index is 14.7. The molecule has 0 aliphatic heterocycles. The van der Waals surface area contributed by atoms with Crippen LogP contribution >= 0.6 is 55.4 Å². The van der Waals surface area contributed by atoms with Gasteiger partial charge < -0.3 is 10.2 Å². The van der Waals surface area contributed by atoms with Gasteiger partial charge in [-0.1, -0.05) is 177 Å². The molecule has 6 atom stereocenters. The first-order valence-electron chi connectivity index (χ1n) is 22.7. The zero-order chi connectivity index (χ0) is 50.3. The highest BCUT2D eigenvalue weighted by Crippen LogP contribution is 2.37. The van der Waals surface area contributed by atoms with E-state index in [1.807, 2.05) is 146 Å². The second kappa shape index (κ2) is 26.3. The summed E-state index contributed by atoms with van der Waals surface area (Å²) >= 11 is 10.4. The summed E-state index contributed by atoms with van der Waals surface area (Å²) in [4.78, 5) is 2.47. The third kappa shape index (κ3) is 14.6. The van der Waals surface area contributed by atoms with Gasteiger partial charge in [0.1, 0.15) is 10.5 Å². The second-order valence-electron chi connectivity index (χ2n) is 16.9. The number of rotatable bonds is 22. The van der Waals surface area contributed by atoms with E-state index in [-0.39, 0.29) is 22.6 Å². The summed E-state index contributed by atoms with van der Waals surface area (Å²) in [6.07, 6.45) is 16.4. The molecule has 2 N–H and O–H groups in total. The molecule has 0 saturated carbocycles. The van der Waals surface area contributed by atoms with Crippen molar-refractivity contribution in [1.82, 2.24) is 0 Å². The molecule has 12 heteroatoms. The van der Waals surface area contributed by atoms with E-state index in [0.29, 0.717) is 11.1 Å². The molecular weight excluding hydrogens is 1080 g/mol. The minimum atomic E-state index is -4.13. The predicted octanol–water partition coefficient (Wildman–Crippen LogP) is 14.6. The van der Waals surface area contributed by atoms with E-state index in [0.717, 1.165) is 41.0 Å². The Bertz CT molecular complexity index is 2780. The Morgan fingerprint density at radius 1 is 0.500 bits per heavy atom. The minimum absolute atomic E-state index is 0.101. The molecular formula is C58H58Br2O6S4. The Kier molecular flexibility index (Phi) is 20.6. The van der Waals surface area contributed by atoms with Gasteiger partial charge in [0.15, 0.2) is 19.7 Å². The molecule has 364 valence electrons. The highest BCUT2D eigenvalue weighted by atomic mass is 79.9. The van der Waals surface area contributed by atoms with Crippen molar-refractivity contribution >= 4 is 87.2 Å². The van der Waals surface area contributed by atoms with Gasteiger partial charge in [-0.15, -0.1) is 23.5 Å². The second-order valence-corrected chi connectivity index (χ2v) is 24.6. The number of hydrogen-bond acceptors (Lipinski definition) is 8. The Morgan fingerprint density at radius 3 is 1.14 bits per heavy atom. The molecule has 6 aromatic carbocycles. The lowest BCUT2D eigenvalue weighted by atomic mass is 9.85. The van der Waals surface area contributed by atoms with Crippen LogP contribution in [-0.2, 0) is 19.7 Å². The molecule has 6 aromatic rings. The maximum absolute atomic E-state index is 14.7. The van der Waals surface area contributed by atoms with Crippen LogP contribution in [-0.4, -0.2) is 62.3 Å². The Morgan fingerprint density at radius 2 is 0.829 bits per heavy atom. The smallest absolute Gasteiger partial charge is 0.187 e. The van der Waals surface area contributed by atoms with Crippen LogP contribution in [0.4, 0.5) is 0 Å². The van der Waals surface area contributed by atoms with Crippen molar-refractivity contribution in [2.24, 2.45) is 0 Å². The summed E-state index contributed by atoms with van der Waals surface area (Å²) in [5.74, 6) is -1.40. The molecule has 70 heavy (non-hydrogen) atoms. The van der Waals surface area contributed by atoms with Crippen molar-refractivity contribution in [3.05, 3.63) is 237 Å². The molecule has 6 rings (SSSR count). The number of hydrogen-bond donors (Lipinski definition) is 2. The normalized spacial score (nSPS) is 15.5. The van der Waals surface area contributed by atoms with Crippen LogP contribution in [0, 0.1) is 0 Å². The fourth-order valence-electron chi connectivity index (χ4n) is 8.42. The van der Waals surface area contributed by atoms with E-state index in [4.69, 9.17) is 0 Å². The molecule has 6 unspecified atom stereocenters. The topological polar surface area (TPSA) is 109 Å². The molecule has 0 amide bonds. The number of aliphatic hydroxyl groups excluding tert-OH is 2. The molecule has 0 radical (unpaired) electrons. The lowest BCUT2D eigenvalue weighted by molar-refractivity contribution is 0.143. The lowest BCUT2D eigenvalue weighted by Gasteiger charge is -2.31. The largest absolute Gasteiger partial charge is 0.391 e. The quantitative estimate of drug-likeness (QED) is 0.0393. The third-order valence-corrected chi connectivity index (χ3v) is 19.3. The van der Waals surface area contributed by atoms with Gasteiger partial charge in [0.05, 0.1) is 22.0 Å². The van der Waals surface area contributed by atoms with Gasteiger partial charge in [0.25, 0.3) is 0 Å². The molecule has 0 aromatic heterocycles. The highest BCUT2D eigenvalue weighted by Gasteiger charge is 2.41. The van der Waals surface area contributed by atoms with Gasteiger partial charge in [-0.05, 0) is 134 Å². The Labute approximate surface area is 440 Å². The van der Waals surface area contributed by atoms with E-state index >= 15 is 0 Å². The van der Waals surface area contributed by atoms with Gasteiger partial charge in [0, 0.05) is 30.6 Å². The van der Waals surface area contributed by atoms with Crippen LogP contribution in [0.3, 0.4) is 0 Å². The van der Waals surface area contributed by atoms with Crippen molar-refractivity contribution in [1.29, 1.82) is 0 Å². The molecule has 6 nitrogen and oxygen atoms in total. The number of thioether (sulfide) groups is 2. The zero-order valence-corrected chi connectivity index (χ0v) is 45.9. The van der Waals surface area contributed by atoms with Gasteiger partial charge in [-0.2, -0.15) is 0 Å². The lowest BCUT2D eigenvalue weighted by Crippen LogP contribution is -2.39. The van der Waals surface area contributed by atoms with Gasteiger partial charge in [-0.3, -0.25) is 0 Å². The summed E-state index contributed by atoms with van der Waals surface area (Å²) in [5.41, 5.74) is 4.31. The molecule has 0 aliphatic rings. The van der Waals surface area contributed by atoms with E-state index in [9.17, 15) is 27.0 Å². The van der Waals surface area contributed by atoms with E-state index in [2.05, 4.69) is 31.9 Å². The number of halogens is 2. The van der Waals surface area contributed by atoms with E-state index < -0.39 is 54.2 Å². The van der Waals surface area contributed by atoms with Gasteiger partial charge in [0.2, 0.25) is 0 Å². The third-order valence-electron chi connectivity index (χ3n) is 12.2. The van der Waals surface area contributed by atoms with E-state index in [1.54, 1.807) is 110 Å². The Balaban J connectivity index is 1.37. The monoisotopic (exact) mass is 1140 g/mol. The molecule has 0 bridgehead atoms. The first kappa shape index (κ1) is 54.8. The maximum Gasteiger partial charge on any atom is 0.187 e. The van der Waals surface area contributed by atoms with Crippen molar-refractivity contribution in [2.75, 3.05) is 12.5 Å². The van der Waals surface area contributed by atoms with Gasteiger partial charge >= 0.3 is 0 Å². The summed E-state index contributed by atoms with van der Waals surface area (Å²) in [6.45, 7) is 3.48. The fourth-order valence-corrected chi connectivity index (χ4v) is 13.7. The van der Waals surface area contributed by atoms with Crippen molar-refractivity contribution in [2.45, 2.75) is 80.8 Å². The molecule has 0 heterocycles.